The molecule has 0 bridgehead atoms. The molecule has 6 rings (SSSR count). The molecule has 0 unspecified atom stereocenters. The predicted molar refractivity (Wildman–Crippen MR) is 204 cm³/mol. The first kappa shape index (κ1) is 37.0. The highest BCUT2D eigenvalue weighted by Crippen LogP contribution is 2.31. The maximum atomic E-state index is 12.9. The highest BCUT2D eigenvalue weighted by Gasteiger charge is 2.48. The van der Waals surface area contributed by atoms with Crippen molar-refractivity contribution in [2.75, 3.05) is 13.2 Å². The van der Waals surface area contributed by atoms with Crippen molar-refractivity contribution in [3.8, 4) is 0 Å². The third-order valence-corrected chi connectivity index (χ3v) is 8.95. The molecule has 9 heteroatoms. The molecule has 1 fully saturated rings. The number of hydrogen-bond acceptors (Lipinski definition) is 7. The molecule has 268 valence electrons. The van der Waals surface area contributed by atoms with Gasteiger partial charge in [0.2, 0.25) is 0 Å². The molecule has 1 amide bonds. The quantitative estimate of drug-likeness (QED) is 0.105. The van der Waals surface area contributed by atoms with Crippen LogP contribution in [0.3, 0.4) is 0 Å². The summed E-state index contributed by atoms with van der Waals surface area (Å²) < 4.78 is 33.4. The zero-order valence-electron chi connectivity index (χ0n) is 28.9. The lowest BCUT2D eigenvalue weighted by Gasteiger charge is -2.46. The van der Waals surface area contributed by atoms with Crippen molar-refractivity contribution in [1.29, 1.82) is 0 Å². The molecule has 0 saturated carbocycles. The van der Waals surface area contributed by atoms with E-state index in [1.165, 1.54) is 0 Å². The molecule has 0 spiro atoms. The highest BCUT2D eigenvalue weighted by molar-refractivity contribution is 7.80. The maximum Gasteiger partial charge on any atom is 0.257 e. The first-order chi connectivity index (χ1) is 25.6. The van der Waals surface area contributed by atoms with Gasteiger partial charge >= 0.3 is 0 Å². The van der Waals surface area contributed by atoms with E-state index in [0.29, 0.717) is 32.0 Å². The van der Waals surface area contributed by atoms with Gasteiger partial charge in [0.25, 0.3) is 5.91 Å². The fourth-order valence-electron chi connectivity index (χ4n) is 6.05. The van der Waals surface area contributed by atoms with E-state index in [2.05, 4.69) is 10.6 Å². The lowest BCUT2D eigenvalue weighted by molar-refractivity contribution is -0.271. The van der Waals surface area contributed by atoms with Gasteiger partial charge in [-0.25, -0.2) is 0 Å². The standard InChI is InChI=1S/C43H44N2O6S/c46-42(36-24-14-5-15-25-36)45-43(52)44-26-37-39(48-28-33-18-8-2-9-19-33)41(50-30-35-22-12-4-13-23-35)40(49-29-34-20-10-3-11-21-34)38(51-37)31-47-27-32-16-6-1-7-17-32/h1-25,37-41H,26-31H2,(H2,44,45,46,52)/t37-,38-,39-,40-,41-/m1/s1. The Bertz CT molecular complexity index is 1780. The van der Waals surface area contributed by atoms with Crippen molar-refractivity contribution in [2.24, 2.45) is 0 Å². The minimum absolute atomic E-state index is 0.181. The first-order valence-corrected chi connectivity index (χ1v) is 17.9. The molecule has 5 atom stereocenters. The Morgan fingerprint density at radius 1 is 0.538 bits per heavy atom. The number of benzene rings is 5. The minimum atomic E-state index is -0.588. The van der Waals surface area contributed by atoms with Gasteiger partial charge in [0.05, 0.1) is 33.0 Å². The van der Waals surface area contributed by atoms with Gasteiger partial charge in [-0.3, -0.25) is 10.1 Å². The van der Waals surface area contributed by atoms with Crippen LogP contribution in [-0.2, 0) is 50.1 Å². The second-order valence-corrected chi connectivity index (χ2v) is 12.9. The summed E-state index contributed by atoms with van der Waals surface area (Å²) in [6.45, 7) is 1.90. The van der Waals surface area contributed by atoms with Crippen LogP contribution in [0, 0.1) is 0 Å². The van der Waals surface area contributed by atoms with Crippen LogP contribution < -0.4 is 10.6 Å². The molecule has 52 heavy (non-hydrogen) atoms. The largest absolute Gasteiger partial charge is 0.374 e. The second kappa shape index (κ2) is 19.8. The number of carbonyl (C=O) groups excluding carboxylic acids is 1. The van der Waals surface area contributed by atoms with Crippen molar-refractivity contribution in [3.63, 3.8) is 0 Å². The van der Waals surface area contributed by atoms with Gasteiger partial charge in [0.1, 0.15) is 30.5 Å². The van der Waals surface area contributed by atoms with Crippen molar-refractivity contribution >= 4 is 23.2 Å². The summed E-state index contributed by atoms with van der Waals surface area (Å²) in [6.07, 6.45) is -2.79. The van der Waals surface area contributed by atoms with Crippen LogP contribution in [0.5, 0.6) is 0 Å². The van der Waals surface area contributed by atoms with Crippen molar-refractivity contribution in [2.45, 2.75) is 56.9 Å². The van der Waals surface area contributed by atoms with Crippen LogP contribution in [0.25, 0.3) is 0 Å². The van der Waals surface area contributed by atoms with Crippen LogP contribution in [0.1, 0.15) is 32.6 Å². The lowest BCUT2D eigenvalue weighted by atomic mass is 9.93. The summed E-state index contributed by atoms with van der Waals surface area (Å²) in [6, 6.07) is 49.0. The SMILES string of the molecule is O=C(NC(=S)NC[C@H]1O[C@H](COCc2ccccc2)[C@@H](OCc2ccccc2)[C@H](OCc2ccccc2)[C@@H]1OCc1ccccc1)c1ccccc1. The summed E-state index contributed by atoms with van der Waals surface area (Å²) in [5, 5.41) is 6.17. The average molecular weight is 717 g/mol. The zero-order chi connectivity index (χ0) is 35.8. The molecule has 0 aromatic heterocycles. The predicted octanol–water partition coefficient (Wildman–Crippen LogP) is 7.03. The summed E-state index contributed by atoms with van der Waals surface area (Å²) in [5.41, 5.74) is 4.62. The van der Waals surface area contributed by atoms with Gasteiger partial charge in [0, 0.05) is 12.1 Å². The van der Waals surface area contributed by atoms with Crippen LogP contribution in [0.2, 0.25) is 0 Å². The Balaban J connectivity index is 1.27. The molecule has 1 saturated heterocycles. The van der Waals surface area contributed by atoms with E-state index in [4.69, 9.17) is 35.9 Å². The molecule has 5 aromatic rings. The summed E-state index contributed by atoms with van der Waals surface area (Å²) in [7, 11) is 0. The third-order valence-electron chi connectivity index (χ3n) is 8.71. The molecule has 1 heterocycles. The Labute approximate surface area is 311 Å². The third kappa shape index (κ3) is 11.1. The molecule has 1 aliphatic heterocycles. The molecule has 5 aromatic carbocycles. The summed E-state index contributed by atoms with van der Waals surface area (Å²) in [5.74, 6) is -0.301. The first-order valence-electron chi connectivity index (χ1n) is 17.5. The Morgan fingerprint density at radius 2 is 0.942 bits per heavy atom. The fraction of sp³-hybridized carbons (Fsp3) is 0.256. The molecule has 8 nitrogen and oxygen atoms in total. The zero-order valence-corrected chi connectivity index (χ0v) is 29.7. The maximum absolute atomic E-state index is 12.9. The van der Waals surface area contributed by atoms with Gasteiger partial charge in [0.15, 0.2) is 5.11 Å². The molecular formula is C43H44N2O6S. The Hall–Kier alpha value is -4.74. The van der Waals surface area contributed by atoms with Gasteiger partial charge in [-0.05, 0) is 46.6 Å². The van der Waals surface area contributed by atoms with E-state index in [1.807, 2.05) is 140 Å². The molecule has 0 radical (unpaired) electrons. The van der Waals surface area contributed by atoms with Crippen LogP contribution in [-0.4, -0.2) is 54.7 Å². The number of nitrogens with one attached hydrogen (secondary N) is 2. The number of thiocarbonyl (C=S) groups is 1. The number of ether oxygens (including phenoxy) is 5. The smallest absolute Gasteiger partial charge is 0.257 e. The summed E-state index contributed by atoms with van der Waals surface area (Å²) >= 11 is 5.58. The molecule has 1 aliphatic rings. The molecule has 0 aliphatic carbocycles. The fourth-order valence-corrected chi connectivity index (χ4v) is 6.23. The van der Waals surface area contributed by atoms with E-state index < -0.39 is 30.5 Å². The van der Waals surface area contributed by atoms with E-state index in [9.17, 15) is 4.79 Å². The number of amides is 1. The monoisotopic (exact) mass is 716 g/mol. The van der Waals surface area contributed by atoms with E-state index in [0.717, 1.165) is 22.3 Å². The van der Waals surface area contributed by atoms with Crippen molar-refractivity contribution in [3.05, 3.63) is 179 Å². The van der Waals surface area contributed by atoms with Gasteiger partial charge < -0.3 is 29.0 Å². The lowest BCUT2D eigenvalue weighted by Crippen LogP contribution is -2.63. The molecule has 2 N–H and O–H groups in total. The Morgan fingerprint density at radius 3 is 1.42 bits per heavy atom. The Kier molecular flexibility index (Phi) is 14.1. The van der Waals surface area contributed by atoms with E-state index >= 15 is 0 Å². The van der Waals surface area contributed by atoms with Crippen molar-refractivity contribution in [1.82, 2.24) is 10.6 Å². The summed E-state index contributed by atoms with van der Waals surface area (Å²) in [4.78, 5) is 12.9. The van der Waals surface area contributed by atoms with Crippen LogP contribution in [0.4, 0.5) is 0 Å². The minimum Gasteiger partial charge on any atom is -0.374 e. The van der Waals surface area contributed by atoms with E-state index in [1.54, 1.807) is 12.1 Å². The molecular weight excluding hydrogens is 673 g/mol. The van der Waals surface area contributed by atoms with Crippen LogP contribution >= 0.6 is 12.2 Å². The van der Waals surface area contributed by atoms with E-state index in [-0.39, 0.29) is 24.2 Å². The second-order valence-electron chi connectivity index (χ2n) is 12.5. The number of hydrogen-bond donors (Lipinski definition) is 2. The van der Waals surface area contributed by atoms with Crippen molar-refractivity contribution < 1.29 is 28.5 Å². The topological polar surface area (TPSA) is 87.3 Å². The number of carbonyl (C=O) groups is 1. The van der Waals surface area contributed by atoms with Gasteiger partial charge in [-0.15, -0.1) is 0 Å². The normalized spacial score (nSPS) is 19.8. The highest BCUT2D eigenvalue weighted by atomic mass is 32.1. The van der Waals surface area contributed by atoms with Gasteiger partial charge in [-0.2, -0.15) is 0 Å². The average Bonchev–Trinajstić information content (AvgIpc) is 3.20. The van der Waals surface area contributed by atoms with Gasteiger partial charge in [-0.1, -0.05) is 140 Å². The van der Waals surface area contributed by atoms with Crippen LogP contribution in [0.15, 0.2) is 152 Å². The number of rotatable bonds is 16.